The molecule has 1 fully saturated rings. The molecule has 0 radical (unpaired) electrons. The zero-order valence-electron chi connectivity index (χ0n) is 14.0. The SMILES string of the molecule is CC(C)(C)OC(=O)NCC1CCCN(CC(=O)c2nccs2)C1. The van der Waals surface area contributed by atoms with Gasteiger partial charge in [0.05, 0.1) is 6.54 Å². The third-order valence-electron chi connectivity index (χ3n) is 3.58. The summed E-state index contributed by atoms with van der Waals surface area (Å²) in [6.07, 6.45) is 3.36. The molecule has 6 nitrogen and oxygen atoms in total. The van der Waals surface area contributed by atoms with E-state index in [1.807, 2.05) is 26.2 Å². The summed E-state index contributed by atoms with van der Waals surface area (Å²) in [5, 5.41) is 5.21. The van der Waals surface area contributed by atoms with E-state index in [-0.39, 0.29) is 11.9 Å². The number of nitrogens with one attached hydrogen (secondary N) is 1. The predicted octanol–water partition coefficient (Wildman–Crippen LogP) is 2.56. The number of carbonyl (C=O) groups is 2. The third-order valence-corrected chi connectivity index (χ3v) is 4.39. The van der Waals surface area contributed by atoms with Crippen LogP contribution in [-0.2, 0) is 4.74 Å². The lowest BCUT2D eigenvalue weighted by molar-refractivity contribution is 0.0504. The van der Waals surface area contributed by atoms with Gasteiger partial charge in [0, 0.05) is 24.7 Å². The molecule has 128 valence electrons. The van der Waals surface area contributed by atoms with Crippen molar-refractivity contribution in [2.45, 2.75) is 39.2 Å². The minimum absolute atomic E-state index is 0.0701. The predicted molar refractivity (Wildman–Crippen MR) is 89.8 cm³/mol. The minimum atomic E-state index is -0.483. The summed E-state index contributed by atoms with van der Waals surface area (Å²) < 4.78 is 5.24. The molecule has 1 aliphatic heterocycles. The maximum Gasteiger partial charge on any atom is 0.407 e. The van der Waals surface area contributed by atoms with Crippen LogP contribution in [0.15, 0.2) is 11.6 Å². The van der Waals surface area contributed by atoms with Crippen molar-refractivity contribution in [2.75, 3.05) is 26.2 Å². The number of carbonyl (C=O) groups excluding carboxylic acids is 2. The van der Waals surface area contributed by atoms with Crippen LogP contribution in [0.4, 0.5) is 4.79 Å². The van der Waals surface area contributed by atoms with Gasteiger partial charge in [0.15, 0.2) is 5.01 Å². The molecule has 2 rings (SSSR count). The number of rotatable bonds is 5. The number of piperidine rings is 1. The van der Waals surface area contributed by atoms with Gasteiger partial charge < -0.3 is 10.1 Å². The second-order valence-corrected chi connectivity index (χ2v) is 7.78. The number of hydrogen-bond donors (Lipinski definition) is 1. The Labute approximate surface area is 141 Å². The molecule has 2 heterocycles. The molecular formula is C16H25N3O3S. The average molecular weight is 339 g/mol. The molecule has 23 heavy (non-hydrogen) atoms. The average Bonchev–Trinajstić information content (AvgIpc) is 2.98. The summed E-state index contributed by atoms with van der Waals surface area (Å²) in [7, 11) is 0. The van der Waals surface area contributed by atoms with E-state index in [9.17, 15) is 9.59 Å². The highest BCUT2D eigenvalue weighted by molar-refractivity contribution is 7.11. The van der Waals surface area contributed by atoms with E-state index in [1.165, 1.54) is 11.3 Å². The van der Waals surface area contributed by atoms with E-state index in [4.69, 9.17) is 4.74 Å². The molecule has 1 aromatic heterocycles. The van der Waals surface area contributed by atoms with E-state index >= 15 is 0 Å². The maximum absolute atomic E-state index is 12.1. The number of thiazole rings is 1. The van der Waals surface area contributed by atoms with Crippen LogP contribution in [0.25, 0.3) is 0 Å². The number of ether oxygens (including phenoxy) is 1. The van der Waals surface area contributed by atoms with Crippen molar-refractivity contribution in [3.63, 3.8) is 0 Å². The molecule has 0 bridgehead atoms. The summed E-state index contributed by atoms with van der Waals surface area (Å²) in [4.78, 5) is 30.0. The van der Waals surface area contributed by atoms with Gasteiger partial charge in [0.1, 0.15) is 5.60 Å². The van der Waals surface area contributed by atoms with Gasteiger partial charge >= 0.3 is 6.09 Å². The van der Waals surface area contributed by atoms with E-state index in [0.717, 1.165) is 25.9 Å². The van der Waals surface area contributed by atoms with Gasteiger partial charge in [-0.15, -0.1) is 11.3 Å². The number of likely N-dealkylation sites (tertiary alicyclic amines) is 1. The summed E-state index contributed by atoms with van der Waals surface area (Å²) in [6.45, 7) is 8.25. The summed E-state index contributed by atoms with van der Waals surface area (Å²) in [5.41, 5.74) is -0.483. The lowest BCUT2D eigenvalue weighted by Gasteiger charge is -2.32. The van der Waals surface area contributed by atoms with Gasteiger partial charge in [-0.3, -0.25) is 9.69 Å². The fourth-order valence-electron chi connectivity index (χ4n) is 2.64. The Morgan fingerprint density at radius 2 is 2.26 bits per heavy atom. The molecule has 1 atom stereocenters. The molecule has 1 aromatic rings. The Balaban J connectivity index is 1.75. The Morgan fingerprint density at radius 3 is 2.91 bits per heavy atom. The van der Waals surface area contributed by atoms with Crippen LogP contribution < -0.4 is 5.32 Å². The van der Waals surface area contributed by atoms with E-state index < -0.39 is 5.60 Å². The standard InChI is InChI=1S/C16H25N3O3S/c1-16(2,3)22-15(21)18-9-12-5-4-7-19(10-12)11-13(20)14-17-6-8-23-14/h6,8,12H,4-5,7,9-11H2,1-3H3,(H,18,21). The molecule has 7 heteroatoms. The van der Waals surface area contributed by atoms with Gasteiger partial charge in [-0.05, 0) is 46.1 Å². The molecule has 1 aliphatic rings. The van der Waals surface area contributed by atoms with E-state index in [1.54, 1.807) is 6.20 Å². The number of ketones is 1. The fourth-order valence-corrected chi connectivity index (χ4v) is 3.20. The summed E-state index contributed by atoms with van der Waals surface area (Å²) >= 11 is 1.38. The van der Waals surface area contributed by atoms with Crippen LogP contribution in [0.1, 0.15) is 43.4 Å². The topological polar surface area (TPSA) is 71.5 Å². The molecule has 0 aliphatic carbocycles. The van der Waals surface area contributed by atoms with Gasteiger partial charge in [-0.1, -0.05) is 0 Å². The number of hydrogen-bond acceptors (Lipinski definition) is 6. The highest BCUT2D eigenvalue weighted by Crippen LogP contribution is 2.17. The second-order valence-electron chi connectivity index (χ2n) is 6.89. The minimum Gasteiger partial charge on any atom is -0.444 e. The zero-order valence-corrected chi connectivity index (χ0v) is 14.8. The van der Waals surface area contributed by atoms with Gasteiger partial charge in [0.2, 0.25) is 5.78 Å². The smallest absolute Gasteiger partial charge is 0.407 e. The van der Waals surface area contributed by atoms with E-state index in [2.05, 4.69) is 15.2 Å². The first-order valence-corrected chi connectivity index (χ1v) is 8.83. The van der Waals surface area contributed by atoms with Crippen molar-refractivity contribution in [1.29, 1.82) is 0 Å². The Hall–Kier alpha value is -1.47. The van der Waals surface area contributed by atoms with Crippen LogP contribution in [-0.4, -0.2) is 53.5 Å². The molecule has 1 unspecified atom stereocenters. The number of Topliss-reactive ketones (excluding diaryl/α,β-unsaturated/α-hetero) is 1. The first-order chi connectivity index (χ1) is 10.8. The number of aromatic nitrogens is 1. The lowest BCUT2D eigenvalue weighted by atomic mass is 9.98. The first-order valence-electron chi connectivity index (χ1n) is 7.95. The van der Waals surface area contributed by atoms with Crippen LogP contribution in [0.2, 0.25) is 0 Å². The molecule has 1 N–H and O–H groups in total. The molecular weight excluding hydrogens is 314 g/mol. The van der Waals surface area contributed by atoms with Crippen LogP contribution >= 0.6 is 11.3 Å². The second kappa shape index (κ2) is 7.88. The van der Waals surface area contributed by atoms with Crippen molar-refractivity contribution in [2.24, 2.45) is 5.92 Å². The summed E-state index contributed by atoms with van der Waals surface area (Å²) in [5.74, 6) is 0.418. The summed E-state index contributed by atoms with van der Waals surface area (Å²) in [6, 6.07) is 0. The van der Waals surface area contributed by atoms with Crippen molar-refractivity contribution in [3.8, 4) is 0 Å². The van der Waals surface area contributed by atoms with Crippen LogP contribution in [0.3, 0.4) is 0 Å². The van der Waals surface area contributed by atoms with Gasteiger partial charge in [-0.2, -0.15) is 0 Å². The fraction of sp³-hybridized carbons (Fsp3) is 0.688. The number of nitrogens with zero attached hydrogens (tertiary/aromatic N) is 2. The quantitative estimate of drug-likeness (QED) is 0.835. The Morgan fingerprint density at radius 1 is 1.48 bits per heavy atom. The molecule has 1 saturated heterocycles. The largest absolute Gasteiger partial charge is 0.444 e. The lowest BCUT2D eigenvalue weighted by Crippen LogP contribution is -2.43. The molecule has 0 saturated carbocycles. The van der Waals surface area contributed by atoms with Crippen LogP contribution in [0.5, 0.6) is 0 Å². The van der Waals surface area contributed by atoms with Gasteiger partial charge in [-0.25, -0.2) is 9.78 Å². The number of alkyl carbamates (subject to hydrolysis) is 1. The zero-order chi connectivity index (χ0) is 16.9. The molecule has 1 amide bonds. The van der Waals surface area contributed by atoms with Crippen molar-refractivity contribution in [3.05, 3.63) is 16.6 Å². The third kappa shape index (κ3) is 6.27. The highest BCUT2D eigenvalue weighted by Gasteiger charge is 2.24. The maximum atomic E-state index is 12.1. The first kappa shape index (κ1) is 17.9. The highest BCUT2D eigenvalue weighted by atomic mass is 32.1. The van der Waals surface area contributed by atoms with Gasteiger partial charge in [0.25, 0.3) is 0 Å². The number of amides is 1. The normalized spacial score (nSPS) is 19.3. The van der Waals surface area contributed by atoms with Crippen molar-refractivity contribution in [1.82, 2.24) is 15.2 Å². The van der Waals surface area contributed by atoms with E-state index in [0.29, 0.717) is 24.0 Å². The van der Waals surface area contributed by atoms with Crippen molar-refractivity contribution >= 4 is 23.2 Å². The molecule has 0 aromatic carbocycles. The Bertz CT molecular complexity index is 525. The Kier molecular flexibility index (Phi) is 6.12. The van der Waals surface area contributed by atoms with Crippen LogP contribution in [0, 0.1) is 5.92 Å². The van der Waals surface area contributed by atoms with Crippen molar-refractivity contribution < 1.29 is 14.3 Å². The molecule has 0 spiro atoms. The monoisotopic (exact) mass is 339 g/mol.